The Morgan fingerprint density at radius 3 is 2.55 bits per heavy atom. The molecule has 110 valence electrons. The summed E-state index contributed by atoms with van der Waals surface area (Å²) >= 11 is 0. The van der Waals surface area contributed by atoms with Gasteiger partial charge < -0.3 is 9.64 Å². The largest absolute Gasteiger partial charge is 0.465 e. The van der Waals surface area contributed by atoms with Crippen LogP contribution >= 0.6 is 0 Å². The minimum absolute atomic E-state index is 0.0805. The van der Waals surface area contributed by atoms with E-state index in [-0.39, 0.29) is 29.9 Å². The molecule has 20 heavy (non-hydrogen) atoms. The Bertz CT molecular complexity index is 429. The molecular weight excluding hydrogens is 254 g/mol. The first-order valence-electron chi connectivity index (χ1n) is 7.45. The van der Waals surface area contributed by atoms with Gasteiger partial charge >= 0.3 is 5.97 Å². The lowest BCUT2D eigenvalue weighted by atomic mass is 9.77. The molecule has 0 saturated carbocycles. The van der Waals surface area contributed by atoms with Gasteiger partial charge in [-0.3, -0.25) is 9.59 Å². The molecule has 2 aliphatic rings. The fraction of sp³-hybridized carbons (Fsp3) is 0.625. The number of esters is 1. The predicted octanol–water partition coefficient (Wildman–Crippen LogP) is 2.31. The van der Waals surface area contributed by atoms with Crippen LogP contribution in [-0.4, -0.2) is 35.5 Å². The van der Waals surface area contributed by atoms with Crippen LogP contribution in [0.3, 0.4) is 0 Å². The summed E-state index contributed by atoms with van der Waals surface area (Å²) in [6.45, 7) is 6.24. The third kappa shape index (κ3) is 2.51. The molecule has 3 atom stereocenters. The van der Waals surface area contributed by atoms with Gasteiger partial charge in [0.1, 0.15) is 0 Å². The third-order valence-electron chi connectivity index (χ3n) is 4.08. The summed E-state index contributed by atoms with van der Waals surface area (Å²) in [5, 5.41) is 0. The second kappa shape index (κ2) is 6.25. The molecule has 1 aliphatic heterocycles. The van der Waals surface area contributed by atoms with Crippen molar-refractivity contribution >= 4 is 11.9 Å². The van der Waals surface area contributed by atoms with Gasteiger partial charge in [0.15, 0.2) is 5.92 Å². The Morgan fingerprint density at radius 2 is 2.00 bits per heavy atom. The number of allylic oxidation sites excluding steroid dienone is 2. The van der Waals surface area contributed by atoms with Gasteiger partial charge in [0.25, 0.3) is 0 Å². The zero-order valence-electron chi connectivity index (χ0n) is 12.4. The second-order valence-electron chi connectivity index (χ2n) is 5.45. The number of hydrogen-bond donors (Lipinski definition) is 0. The van der Waals surface area contributed by atoms with Crippen molar-refractivity contribution in [1.29, 1.82) is 0 Å². The van der Waals surface area contributed by atoms with Crippen molar-refractivity contribution in [2.24, 2.45) is 11.8 Å². The molecule has 1 heterocycles. The molecule has 1 amide bonds. The van der Waals surface area contributed by atoms with Crippen molar-refractivity contribution in [2.45, 2.75) is 45.7 Å². The van der Waals surface area contributed by atoms with Crippen LogP contribution in [0.4, 0.5) is 0 Å². The van der Waals surface area contributed by atoms with E-state index >= 15 is 0 Å². The molecule has 4 heteroatoms. The predicted molar refractivity (Wildman–Crippen MR) is 76.9 cm³/mol. The summed E-state index contributed by atoms with van der Waals surface area (Å²) in [6.07, 6.45) is 10.0. The van der Waals surface area contributed by atoms with E-state index in [0.29, 0.717) is 6.61 Å². The van der Waals surface area contributed by atoms with E-state index in [2.05, 4.69) is 26.0 Å². The molecule has 0 N–H and O–H groups in total. The minimum Gasteiger partial charge on any atom is -0.465 e. The van der Waals surface area contributed by atoms with Gasteiger partial charge in [-0.2, -0.15) is 0 Å². The van der Waals surface area contributed by atoms with Gasteiger partial charge in [-0.15, -0.1) is 0 Å². The number of nitrogens with zero attached hydrogens (tertiary/aromatic N) is 1. The first-order valence-corrected chi connectivity index (χ1v) is 7.45. The summed E-state index contributed by atoms with van der Waals surface area (Å²) in [7, 11) is 0. The molecule has 1 aliphatic carbocycles. The average Bonchev–Trinajstić information content (AvgIpc) is 2.89. The number of likely N-dealkylation sites (tertiary alicyclic amines) is 1. The summed E-state index contributed by atoms with van der Waals surface area (Å²) in [4.78, 5) is 26.2. The Balaban J connectivity index is 2.17. The highest BCUT2D eigenvalue weighted by molar-refractivity contribution is 6.04. The first-order chi connectivity index (χ1) is 9.61. The summed E-state index contributed by atoms with van der Waals surface area (Å²) in [5.41, 5.74) is 0. The lowest BCUT2D eigenvalue weighted by Crippen LogP contribution is -2.68. The van der Waals surface area contributed by atoms with Crippen molar-refractivity contribution in [3.05, 3.63) is 24.3 Å². The summed E-state index contributed by atoms with van der Waals surface area (Å²) in [6, 6.07) is 0.0867. The first kappa shape index (κ1) is 14.8. The molecule has 0 unspecified atom stereocenters. The maximum atomic E-state index is 12.3. The molecule has 0 aromatic rings. The third-order valence-corrected chi connectivity index (χ3v) is 4.08. The molecule has 4 nitrogen and oxygen atoms in total. The maximum absolute atomic E-state index is 12.3. The standard InChI is InChI=1S/C16H23NO3/c1-4-8-11(3)17-14(12-9-6-7-10-12)13(15(17)18)16(19)20-5-2/h6-7,9-14H,4-5,8H2,1-3H3/t11-,13-,14-/m0/s1. The van der Waals surface area contributed by atoms with Crippen LogP contribution in [0.5, 0.6) is 0 Å². The van der Waals surface area contributed by atoms with E-state index in [0.717, 1.165) is 12.8 Å². The van der Waals surface area contributed by atoms with E-state index in [9.17, 15) is 9.59 Å². The van der Waals surface area contributed by atoms with Crippen LogP contribution in [0, 0.1) is 11.8 Å². The van der Waals surface area contributed by atoms with Crippen molar-refractivity contribution in [3.63, 3.8) is 0 Å². The Labute approximate surface area is 120 Å². The molecule has 0 aromatic carbocycles. The monoisotopic (exact) mass is 277 g/mol. The van der Waals surface area contributed by atoms with Crippen molar-refractivity contribution in [3.8, 4) is 0 Å². The van der Waals surface area contributed by atoms with Crippen LogP contribution < -0.4 is 0 Å². The van der Waals surface area contributed by atoms with Crippen LogP contribution in [0.25, 0.3) is 0 Å². The van der Waals surface area contributed by atoms with Crippen LogP contribution in [0.1, 0.15) is 33.6 Å². The van der Waals surface area contributed by atoms with Crippen LogP contribution in [0.15, 0.2) is 24.3 Å². The van der Waals surface area contributed by atoms with Crippen molar-refractivity contribution in [1.82, 2.24) is 4.90 Å². The van der Waals surface area contributed by atoms with Gasteiger partial charge in [0.05, 0.1) is 12.6 Å². The Hall–Kier alpha value is -1.58. The van der Waals surface area contributed by atoms with E-state index < -0.39 is 5.92 Å². The smallest absolute Gasteiger partial charge is 0.320 e. The number of ether oxygens (including phenoxy) is 1. The molecule has 1 fully saturated rings. The average molecular weight is 277 g/mol. The highest BCUT2D eigenvalue weighted by atomic mass is 16.5. The fourth-order valence-corrected chi connectivity index (χ4v) is 3.16. The highest BCUT2D eigenvalue weighted by Gasteiger charge is 2.55. The number of carbonyl (C=O) groups excluding carboxylic acids is 2. The molecule has 0 radical (unpaired) electrons. The zero-order valence-corrected chi connectivity index (χ0v) is 12.4. The lowest BCUT2D eigenvalue weighted by Gasteiger charge is -2.51. The topological polar surface area (TPSA) is 46.6 Å². The molecule has 0 spiro atoms. The Kier molecular flexibility index (Phi) is 4.63. The van der Waals surface area contributed by atoms with Crippen molar-refractivity contribution < 1.29 is 14.3 Å². The molecule has 2 rings (SSSR count). The van der Waals surface area contributed by atoms with E-state index in [1.165, 1.54) is 0 Å². The summed E-state index contributed by atoms with van der Waals surface area (Å²) in [5.74, 6) is -0.965. The van der Waals surface area contributed by atoms with E-state index in [1.807, 2.05) is 17.1 Å². The van der Waals surface area contributed by atoms with Crippen LogP contribution in [-0.2, 0) is 14.3 Å². The zero-order chi connectivity index (χ0) is 14.7. The fourth-order valence-electron chi connectivity index (χ4n) is 3.16. The molecule has 1 saturated heterocycles. The highest BCUT2D eigenvalue weighted by Crippen LogP contribution is 2.38. The van der Waals surface area contributed by atoms with Crippen molar-refractivity contribution in [2.75, 3.05) is 6.61 Å². The van der Waals surface area contributed by atoms with Crippen LogP contribution in [0.2, 0.25) is 0 Å². The Morgan fingerprint density at radius 1 is 1.35 bits per heavy atom. The van der Waals surface area contributed by atoms with Gasteiger partial charge in [-0.05, 0) is 20.3 Å². The molecule has 0 bridgehead atoms. The quantitative estimate of drug-likeness (QED) is 0.425. The number of amides is 1. The number of hydrogen-bond acceptors (Lipinski definition) is 3. The number of β-lactam (4-membered cyclic amide) rings is 1. The van der Waals surface area contributed by atoms with Gasteiger partial charge in [-0.1, -0.05) is 37.6 Å². The maximum Gasteiger partial charge on any atom is 0.320 e. The molecule has 0 aromatic heterocycles. The van der Waals surface area contributed by atoms with E-state index in [4.69, 9.17) is 4.74 Å². The number of rotatable bonds is 6. The van der Waals surface area contributed by atoms with E-state index in [1.54, 1.807) is 6.92 Å². The van der Waals surface area contributed by atoms with Gasteiger partial charge in [0, 0.05) is 12.0 Å². The SMILES string of the molecule is CCC[C@H](C)N1C(=O)[C@@H](C(=O)OCC)[C@@H]1C1C=CC=C1. The van der Waals surface area contributed by atoms with Gasteiger partial charge in [0.2, 0.25) is 5.91 Å². The number of carbonyl (C=O) groups is 2. The minimum atomic E-state index is -0.633. The summed E-state index contributed by atoms with van der Waals surface area (Å²) < 4.78 is 5.06. The molecular formula is C16H23NO3. The van der Waals surface area contributed by atoms with Gasteiger partial charge in [-0.25, -0.2) is 0 Å². The second-order valence-corrected chi connectivity index (χ2v) is 5.45. The lowest BCUT2D eigenvalue weighted by molar-refractivity contribution is -0.177. The normalized spacial score (nSPS) is 26.8.